The first kappa shape index (κ1) is 18.1. The third-order valence-corrected chi connectivity index (χ3v) is 4.96. The van der Waals surface area contributed by atoms with Crippen LogP contribution in [0, 0.1) is 0 Å². The van der Waals surface area contributed by atoms with E-state index in [-0.39, 0.29) is 23.1 Å². The van der Waals surface area contributed by atoms with E-state index in [2.05, 4.69) is 0 Å². The number of methoxy groups -OCH3 is 1. The third-order valence-electron chi connectivity index (χ3n) is 2.71. The lowest BCUT2D eigenvalue weighted by molar-refractivity contribution is -0.135. The normalized spacial score (nSPS) is 12.7. The summed E-state index contributed by atoms with van der Waals surface area (Å²) in [6.07, 6.45) is -4.62. The van der Waals surface area contributed by atoms with Gasteiger partial charge in [-0.2, -0.15) is 17.5 Å². The van der Waals surface area contributed by atoms with Gasteiger partial charge in [0.05, 0.1) is 7.11 Å². The molecule has 0 unspecified atom stereocenters. The number of hydrogen-bond donors (Lipinski definition) is 0. The van der Waals surface area contributed by atoms with Crippen LogP contribution in [0.3, 0.4) is 0 Å². The van der Waals surface area contributed by atoms with Crippen LogP contribution < -0.4 is 4.74 Å². The minimum atomic E-state index is -4.62. The van der Waals surface area contributed by atoms with Crippen molar-refractivity contribution in [1.82, 2.24) is 4.31 Å². The van der Waals surface area contributed by atoms with Crippen LogP contribution in [-0.4, -0.2) is 39.1 Å². The summed E-state index contributed by atoms with van der Waals surface area (Å²) in [7, 11) is -3.09. The molecule has 9 heteroatoms. The number of sulfonamides is 1. The van der Waals surface area contributed by atoms with Gasteiger partial charge >= 0.3 is 6.18 Å². The molecule has 120 valence electrons. The van der Waals surface area contributed by atoms with Crippen molar-refractivity contribution in [2.45, 2.75) is 23.9 Å². The maximum atomic E-state index is 12.5. The number of benzene rings is 1. The van der Waals surface area contributed by atoms with Crippen LogP contribution in [0.2, 0.25) is 0 Å². The molecule has 0 aliphatic carbocycles. The predicted molar refractivity (Wildman–Crippen MR) is 73.0 cm³/mol. The Hall–Kier alpha value is -0.990. The second-order valence-corrected chi connectivity index (χ2v) is 6.34. The molecule has 1 rings (SSSR count). The minimum absolute atomic E-state index is 0.0236. The predicted octanol–water partition coefficient (Wildman–Crippen LogP) is 3.01. The molecule has 0 radical (unpaired) electrons. The van der Waals surface area contributed by atoms with Gasteiger partial charge in [-0.05, 0) is 17.7 Å². The minimum Gasteiger partial charge on any atom is -0.495 e. The highest BCUT2D eigenvalue weighted by Gasteiger charge is 2.37. The Labute approximate surface area is 126 Å². The van der Waals surface area contributed by atoms with E-state index in [1.165, 1.54) is 26.2 Å². The fourth-order valence-electron chi connectivity index (χ4n) is 1.71. The van der Waals surface area contributed by atoms with Gasteiger partial charge in [-0.15, -0.1) is 11.6 Å². The lowest BCUT2D eigenvalue weighted by Gasteiger charge is -2.23. The molecule has 0 aliphatic rings. The summed E-state index contributed by atoms with van der Waals surface area (Å²) in [5, 5.41) is 0. The Morgan fingerprint density at radius 2 is 1.95 bits per heavy atom. The summed E-state index contributed by atoms with van der Waals surface area (Å²) in [5.74, 6) is 0.0160. The van der Waals surface area contributed by atoms with Crippen molar-refractivity contribution in [3.63, 3.8) is 0 Å². The molecule has 0 spiro atoms. The van der Waals surface area contributed by atoms with E-state index in [4.69, 9.17) is 16.3 Å². The van der Waals surface area contributed by atoms with Gasteiger partial charge in [0.25, 0.3) is 0 Å². The molecule has 1 aromatic rings. The molecule has 0 N–H and O–H groups in total. The van der Waals surface area contributed by atoms with Gasteiger partial charge < -0.3 is 4.74 Å². The van der Waals surface area contributed by atoms with Gasteiger partial charge in [-0.1, -0.05) is 13.0 Å². The van der Waals surface area contributed by atoms with Gasteiger partial charge in [0.15, 0.2) is 0 Å². The molecule has 0 aliphatic heterocycles. The van der Waals surface area contributed by atoms with Gasteiger partial charge in [0.1, 0.15) is 17.2 Å². The number of alkyl halides is 4. The van der Waals surface area contributed by atoms with E-state index >= 15 is 0 Å². The van der Waals surface area contributed by atoms with Crippen molar-refractivity contribution in [3.8, 4) is 5.75 Å². The largest absolute Gasteiger partial charge is 0.495 e. The number of rotatable bonds is 6. The van der Waals surface area contributed by atoms with E-state index in [0.717, 1.165) is 0 Å². The van der Waals surface area contributed by atoms with Crippen LogP contribution in [0.5, 0.6) is 5.75 Å². The number of halogens is 4. The van der Waals surface area contributed by atoms with Crippen LogP contribution in [0.25, 0.3) is 0 Å². The molecule has 0 atom stereocenters. The second-order valence-electron chi connectivity index (χ2n) is 4.17. The maximum Gasteiger partial charge on any atom is 0.402 e. The zero-order valence-electron chi connectivity index (χ0n) is 11.4. The van der Waals surface area contributed by atoms with Crippen LogP contribution in [-0.2, 0) is 15.9 Å². The Bertz CT molecular complexity index is 590. The van der Waals surface area contributed by atoms with Crippen molar-refractivity contribution >= 4 is 21.6 Å². The van der Waals surface area contributed by atoms with Crippen LogP contribution in [0.4, 0.5) is 13.2 Å². The molecule has 0 saturated heterocycles. The first-order valence-corrected chi connectivity index (χ1v) is 7.93. The highest BCUT2D eigenvalue weighted by atomic mass is 35.5. The summed E-state index contributed by atoms with van der Waals surface area (Å²) in [5.41, 5.74) is 0.471. The molecule has 0 aromatic heterocycles. The average molecular weight is 346 g/mol. The van der Waals surface area contributed by atoms with Gasteiger partial charge in [-0.25, -0.2) is 8.42 Å². The zero-order valence-corrected chi connectivity index (χ0v) is 13.0. The van der Waals surface area contributed by atoms with E-state index in [9.17, 15) is 21.6 Å². The molecule has 21 heavy (non-hydrogen) atoms. The van der Waals surface area contributed by atoms with Crippen molar-refractivity contribution in [1.29, 1.82) is 0 Å². The molecule has 0 bridgehead atoms. The monoisotopic (exact) mass is 345 g/mol. The van der Waals surface area contributed by atoms with Crippen molar-refractivity contribution < 1.29 is 26.3 Å². The van der Waals surface area contributed by atoms with E-state index < -0.39 is 22.7 Å². The molecule has 0 fully saturated rings. The van der Waals surface area contributed by atoms with Crippen LogP contribution >= 0.6 is 11.6 Å². The van der Waals surface area contributed by atoms with Gasteiger partial charge in [0.2, 0.25) is 10.0 Å². The standard InChI is InChI=1S/C12H15ClF3NO3S/c1-3-17(8-12(14,15)16)21(18,19)11-6-9(7-13)4-5-10(11)20-2/h4-6H,3,7-8H2,1-2H3. The highest BCUT2D eigenvalue weighted by molar-refractivity contribution is 7.89. The molecular weight excluding hydrogens is 331 g/mol. The number of nitrogens with zero attached hydrogens (tertiary/aromatic N) is 1. The lowest BCUT2D eigenvalue weighted by atomic mass is 10.2. The van der Waals surface area contributed by atoms with Crippen LogP contribution in [0.15, 0.2) is 23.1 Å². The fourth-order valence-corrected chi connectivity index (χ4v) is 3.52. The summed E-state index contributed by atoms with van der Waals surface area (Å²) >= 11 is 5.64. The Morgan fingerprint density at radius 1 is 1.33 bits per heavy atom. The topological polar surface area (TPSA) is 46.6 Å². The summed E-state index contributed by atoms with van der Waals surface area (Å²) in [6.45, 7) is -0.530. The first-order chi connectivity index (χ1) is 9.65. The maximum absolute atomic E-state index is 12.5. The van der Waals surface area contributed by atoms with Crippen molar-refractivity contribution in [2.75, 3.05) is 20.2 Å². The average Bonchev–Trinajstić information content (AvgIpc) is 2.42. The quantitative estimate of drug-likeness (QED) is 0.745. The molecular formula is C12H15ClF3NO3S. The summed E-state index contributed by atoms with van der Waals surface area (Å²) < 4.78 is 67.6. The van der Waals surface area contributed by atoms with E-state index in [1.807, 2.05) is 0 Å². The summed E-state index contributed by atoms with van der Waals surface area (Å²) in [6, 6.07) is 4.14. The third kappa shape index (κ3) is 4.49. The second kappa shape index (κ2) is 6.85. The fraction of sp³-hybridized carbons (Fsp3) is 0.500. The molecule has 0 saturated carbocycles. The van der Waals surface area contributed by atoms with Gasteiger partial charge in [0, 0.05) is 12.4 Å². The van der Waals surface area contributed by atoms with E-state index in [0.29, 0.717) is 9.87 Å². The SMILES string of the molecule is CCN(CC(F)(F)F)S(=O)(=O)c1cc(CCl)ccc1OC. The van der Waals surface area contributed by atoms with Crippen molar-refractivity contribution in [2.24, 2.45) is 0 Å². The molecule has 0 heterocycles. The Balaban J connectivity index is 3.34. The lowest BCUT2D eigenvalue weighted by Crippen LogP contribution is -2.38. The van der Waals surface area contributed by atoms with Crippen molar-refractivity contribution in [3.05, 3.63) is 23.8 Å². The van der Waals surface area contributed by atoms with Gasteiger partial charge in [-0.3, -0.25) is 0 Å². The zero-order chi connectivity index (χ0) is 16.3. The molecule has 4 nitrogen and oxygen atoms in total. The number of ether oxygens (including phenoxy) is 1. The Kier molecular flexibility index (Phi) is 5.89. The molecule has 1 aromatic carbocycles. The molecule has 0 amide bonds. The Morgan fingerprint density at radius 3 is 2.38 bits per heavy atom. The van der Waals surface area contributed by atoms with Crippen LogP contribution in [0.1, 0.15) is 12.5 Å². The number of hydrogen-bond acceptors (Lipinski definition) is 3. The summed E-state index contributed by atoms with van der Waals surface area (Å²) in [4.78, 5) is -0.325. The highest BCUT2D eigenvalue weighted by Crippen LogP contribution is 2.30. The first-order valence-electron chi connectivity index (χ1n) is 5.95. The smallest absolute Gasteiger partial charge is 0.402 e. The van der Waals surface area contributed by atoms with E-state index in [1.54, 1.807) is 6.07 Å².